The van der Waals surface area contributed by atoms with Gasteiger partial charge in [0.25, 0.3) is 5.91 Å². The molecule has 0 bridgehead atoms. The minimum absolute atomic E-state index is 0.00829. The van der Waals surface area contributed by atoms with E-state index in [0.717, 1.165) is 55.6 Å². The van der Waals surface area contributed by atoms with Crippen LogP contribution in [0.5, 0.6) is 0 Å². The van der Waals surface area contributed by atoms with Gasteiger partial charge in [-0.05, 0) is 50.9 Å². The maximum absolute atomic E-state index is 13.1. The van der Waals surface area contributed by atoms with Crippen LogP contribution in [0.25, 0.3) is 5.57 Å². The summed E-state index contributed by atoms with van der Waals surface area (Å²) in [5.74, 6) is -0.00829. The van der Waals surface area contributed by atoms with Crippen LogP contribution in [0.4, 0.5) is 5.69 Å². The van der Waals surface area contributed by atoms with E-state index in [4.69, 9.17) is 0 Å². The summed E-state index contributed by atoms with van der Waals surface area (Å²) in [6.07, 6.45) is 4.07. The van der Waals surface area contributed by atoms with Gasteiger partial charge in [-0.25, -0.2) is 8.42 Å². The number of amides is 1. The fourth-order valence-corrected chi connectivity index (χ4v) is 5.58. The van der Waals surface area contributed by atoms with Crippen molar-refractivity contribution in [3.63, 3.8) is 0 Å². The average molecular weight is 375 g/mol. The molecule has 7 heteroatoms. The molecule has 2 fully saturated rings. The number of allylic oxidation sites excluding steroid dienone is 1. The van der Waals surface area contributed by atoms with Crippen molar-refractivity contribution in [3.05, 3.63) is 29.3 Å². The monoisotopic (exact) mass is 375 g/mol. The smallest absolute Gasteiger partial charge is 0.258 e. The number of likely N-dealkylation sites (N-methyl/N-ethyl adjacent to an activating group) is 2. The van der Waals surface area contributed by atoms with Crippen molar-refractivity contribution < 1.29 is 13.2 Å². The number of carbonyl (C=O) groups is 1. The van der Waals surface area contributed by atoms with Crippen LogP contribution in [-0.2, 0) is 14.8 Å². The zero-order chi connectivity index (χ0) is 18.5. The molecule has 2 aliphatic heterocycles. The first kappa shape index (κ1) is 17.7. The molecule has 0 N–H and O–H groups in total. The van der Waals surface area contributed by atoms with Crippen molar-refractivity contribution in [2.45, 2.75) is 30.6 Å². The topological polar surface area (TPSA) is 60.9 Å². The van der Waals surface area contributed by atoms with Gasteiger partial charge in [-0.1, -0.05) is 5.57 Å². The van der Waals surface area contributed by atoms with E-state index < -0.39 is 10.0 Å². The average Bonchev–Trinajstić information content (AvgIpc) is 3.23. The first-order chi connectivity index (χ1) is 12.4. The molecule has 1 amide bonds. The van der Waals surface area contributed by atoms with E-state index in [1.807, 2.05) is 7.05 Å². The second-order valence-corrected chi connectivity index (χ2v) is 9.37. The molecule has 1 saturated carbocycles. The normalized spacial score (nSPS) is 22.4. The molecule has 1 aromatic rings. The van der Waals surface area contributed by atoms with E-state index in [-0.39, 0.29) is 5.91 Å². The van der Waals surface area contributed by atoms with Gasteiger partial charge in [0.1, 0.15) is 0 Å². The number of hydrogen-bond acceptors (Lipinski definition) is 4. The van der Waals surface area contributed by atoms with Crippen LogP contribution >= 0.6 is 0 Å². The predicted octanol–water partition coefficient (Wildman–Crippen LogP) is 1.93. The lowest BCUT2D eigenvalue weighted by Gasteiger charge is -2.31. The number of carbonyl (C=O) groups excluding carboxylic acids is 1. The van der Waals surface area contributed by atoms with E-state index >= 15 is 0 Å². The van der Waals surface area contributed by atoms with Crippen molar-refractivity contribution in [2.24, 2.45) is 0 Å². The van der Waals surface area contributed by atoms with E-state index in [0.29, 0.717) is 18.0 Å². The molecular formula is C19H25N3O3S. The van der Waals surface area contributed by atoms with Gasteiger partial charge < -0.3 is 9.80 Å². The molecule has 0 radical (unpaired) electrons. The molecule has 4 rings (SSSR count). The summed E-state index contributed by atoms with van der Waals surface area (Å²) in [4.78, 5) is 16.8. The lowest BCUT2D eigenvalue weighted by Crippen LogP contribution is -2.47. The number of sulfonamides is 1. The second kappa shape index (κ2) is 6.48. The van der Waals surface area contributed by atoms with E-state index in [9.17, 15) is 13.2 Å². The van der Waals surface area contributed by atoms with E-state index in [1.54, 1.807) is 34.5 Å². The van der Waals surface area contributed by atoms with Crippen LogP contribution in [0.15, 0.2) is 28.7 Å². The number of benzene rings is 1. The quantitative estimate of drug-likeness (QED) is 0.741. The molecule has 1 saturated heterocycles. The summed E-state index contributed by atoms with van der Waals surface area (Å²) in [6.45, 7) is 2.48. The Labute approximate surface area is 155 Å². The molecule has 0 unspecified atom stereocenters. The highest BCUT2D eigenvalue weighted by atomic mass is 32.2. The standard InChI is InChI=1S/C19H25N3O3S/c1-20-9-11-22(12-10-20)26(24,25)15-7-8-17-16(13-15)18(19(23)21(17)2)14-5-3-4-6-14/h7-8,13H,3-6,9-12H2,1-2H3. The molecular weight excluding hydrogens is 350 g/mol. The molecule has 0 atom stereocenters. The van der Waals surface area contributed by atoms with Gasteiger partial charge in [0.05, 0.1) is 10.6 Å². The van der Waals surface area contributed by atoms with Gasteiger partial charge in [0, 0.05) is 44.4 Å². The van der Waals surface area contributed by atoms with Gasteiger partial charge in [-0.2, -0.15) is 4.31 Å². The number of rotatable bonds is 2. The van der Waals surface area contributed by atoms with Crippen LogP contribution in [0.2, 0.25) is 0 Å². The Morgan fingerprint density at radius 2 is 1.62 bits per heavy atom. The lowest BCUT2D eigenvalue weighted by atomic mass is 10.00. The van der Waals surface area contributed by atoms with Crippen LogP contribution < -0.4 is 4.90 Å². The van der Waals surface area contributed by atoms with Crippen LogP contribution in [0.1, 0.15) is 31.2 Å². The first-order valence-corrected chi connectivity index (χ1v) is 10.7. The molecule has 140 valence electrons. The fourth-order valence-electron chi connectivity index (χ4n) is 4.13. The molecule has 1 aliphatic carbocycles. The number of anilines is 1. The second-order valence-electron chi connectivity index (χ2n) is 7.44. The Morgan fingerprint density at radius 1 is 0.962 bits per heavy atom. The van der Waals surface area contributed by atoms with Crippen molar-refractivity contribution in [1.29, 1.82) is 0 Å². The van der Waals surface area contributed by atoms with E-state index in [1.165, 1.54) is 5.57 Å². The number of fused-ring (bicyclic) bond motifs is 1. The highest BCUT2D eigenvalue weighted by Crippen LogP contribution is 2.42. The summed E-state index contributed by atoms with van der Waals surface area (Å²) < 4.78 is 27.7. The SMILES string of the molecule is CN1CCN(S(=O)(=O)c2ccc3c(c2)C(=C2CCCC2)C(=O)N3C)CC1. The molecule has 3 aliphatic rings. The zero-order valence-electron chi connectivity index (χ0n) is 15.4. The first-order valence-electron chi connectivity index (χ1n) is 9.23. The molecule has 26 heavy (non-hydrogen) atoms. The maximum atomic E-state index is 13.1. The largest absolute Gasteiger partial charge is 0.311 e. The fraction of sp³-hybridized carbons (Fsp3) is 0.526. The Hall–Kier alpha value is -1.70. The van der Waals surface area contributed by atoms with Gasteiger partial charge in [-0.3, -0.25) is 4.79 Å². The third kappa shape index (κ3) is 2.78. The number of piperazine rings is 1. The summed E-state index contributed by atoms with van der Waals surface area (Å²) in [6, 6.07) is 5.13. The Morgan fingerprint density at radius 3 is 2.27 bits per heavy atom. The lowest BCUT2D eigenvalue weighted by molar-refractivity contribution is -0.112. The van der Waals surface area contributed by atoms with Crippen molar-refractivity contribution in [1.82, 2.24) is 9.21 Å². The maximum Gasteiger partial charge on any atom is 0.258 e. The highest BCUT2D eigenvalue weighted by molar-refractivity contribution is 7.89. The summed E-state index contributed by atoms with van der Waals surface area (Å²) in [7, 11) is 0.228. The third-order valence-corrected chi connectivity index (χ3v) is 7.67. The molecule has 0 aromatic heterocycles. The minimum Gasteiger partial charge on any atom is -0.311 e. The van der Waals surface area contributed by atoms with Crippen LogP contribution in [-0.4, -0.2) is 63.8 Å². The van der Waals surface area contributed by atoms with Gasteiger partial charge in [0.15, 0.2) is 0 Å². The van der Waals surface area contributed by atoms with Crippen molar-refractivity contribution in [2.75, 3.05) is 45.2 Å². The van der Waals surface area contributed by atoms with E-state index in [2.05, 4.69) is 4.90 Å². The Kier molecular flexibility index (Phi) is 4.41. The van der Waals surface area contributed by atoms with Crippen LogP contribution in [0.3, 0.4) is 0 Å². The molecule has 6 nitrogen and oxygen atoms in total. The summed E-state index contributed by atoms with van der Waals surface area (Å²) >= 11 is 0. The summed E-state index contributed by atoms with van der Waals surface area (Å²) in [5.41, 5.74) is 3.50. The molecule has 1 aromatic carbocycles. The Bertz CT molecular complexity index is 875. The van der Waals surface area contributed by atoms with Gasteiger partial charge in [0.2, 0.25) is 10.0 Å². The van der Waals surface area contributed by atoms with Crippen molar-refractivity contribution in [3.8, 4) is 0 Å². The number of nitrogens with zero attached hydrogens (tertiary/aromatic N) is 3. The molecule has 2 heterocycles. The number of hydrogen-bond donors (Lipinski definition) is 0. The minimum atomic E-state index is -3.53. The Balaban J connectivity index is 1.76. The highest BCUT2D eigenvalue weighted by Gasteiger charge is 2.35. The summed E-state index contributed by atoms with van der Waals surface area (Å²) in [5, 5.41) is 0. The van der Waals surface area contributed by atoms with Gasteiger partial charge in [-0.15, -0.1) is 0 Å². The van der Waals surface area contributed by atoms with Crippen LogP contribution in [0, 0.1) is 0 Å². The van der Waals surface area contributed by atoms with Gasteiger partial charge >= 0.3 is 0 Å². The van der Waals surface area contributed by atoms with Crippen molar-refractivity contribution >= 4 is 27.2 Å². The predicted molar refractivity (Wildman–Crippen MR) is 101 cm³/mol. The zero-order valence-corrected chi connectivity index (χ0v) is 16.2. The molecule has 0 spiro atoms. The third-order valence-electron chi connectivity index (χ3n) is 5.78.